The van der Waals surface area contributed by atoms with Gasteiger partial charge in [0.25, 0.3) is 0 Å². The zero-order valence-corrected chi connectivity index (χ0v) is 20.0. The number of pyridine rings is 2. The van der Waals surface area contributed by atoms with E-state index in [4.69, 9.17) is 19.3 Å². The van der Waals surface area contributed by atoms with Crippen LogP contribution in [0.5, 0.6) is 17.2 Å². The Morgan fingerprint density at radius 1 is 0.885 bits per heavy atom. The maximum Gasteiger partial charge on any atom is 1.00 e. The second-order valence-corrected chi connectivity index (χ2v) is 5.42. The fraction of sp³-hybridized carbons (Fsp3) is 0.286. The molecule has 2 aromatic rings. The van der Waals surface area contributed by atoms with Gasteiger partial charge < -0.3 is 19.3 Å². The van der Waals surface area contributed by atoms with E-state index >= 15 is 0 Å². The Hall–Kier alpha value is -0.980. The number of nitrogens with zero attached hydrogens (tertiary/aromatic N) is 3. The van der Waals surface area contributed by atoms with Gasteiger partial charge in [0, 0.05) is 6.07 Å². The van der Waals surface area contributed by atoms with Crippen molar-refractivity contribution in [2.24, 2.45) is 0 Å². The van der Waals surface area contributed by atoms with Crippen molar-refractivity contribution in [2.75, 3.05) is 28.4 Å². The zero-order chi connectivity index (χ0) is 19.4. The monoisotopic (exact) mass is 503 g/mol. The molecule has 0 aromatic carbocycles. The first-order valence-electron chi connectivity index (χ1n) is 6.41. The molecular formula is C14H16Br2N3NaO6. The smallest absolute Gasteiger partial charge is 0.857 e. The van der Waals surface area contributed by atoms with Gasteiger partial charge >= 0.3 is 35.2 Å². The maximum absolute atomic E-state index is 10.4. The Balaban J connectivity index is 0. The summed E-state index contributed by atoms with van der Waals surface area (Å²) in [5.74, 6) is 1.47. The van der Waals surface area contributed by atoms with E-state index in [1.165, 1.54) is 19.4 Å². The number of aromatic nitrogens is 2. The number of halogens is 2. The Labute approximate surface area is 189 Å². The van der Waals surface area contributed by atoms with Gasteiger partial charge in [0.2, 0.25) is 5.75 Å². The number of hydrogen-bond donors (Lipinski definition) is 0. The quantitative estimate of drug-likeness (QED) is 0.239. The van der Waals surface area contributed by atoms with E-state index < -0.39 is 4.92 Å². The molecule has 0 spiro atoms. The first-order valence-corrected chi connectivity index (χ1v) is 7.99. The van der Waals surface area contributed by atoms with Crippen LogP contribution in [0.4, 0.5) is 5.69 Å². The maximum atomic E-state index is 10.4. The largest absolute Gasteiger partial charge is 1.00 e. The molecule has 0 N–H and O–H groups in total. The summed E-state index contributed by atoms with van der Waals surface area (Å²) in [5, 5.41) is 18.7. The molecule has 2 heterocycles. The minimum atomic E-state index is -0.523. The molecule has 0 unspecified atom stereocenters. The molecule has 2 rings (SSSR count). The van der Waals surface area contributed by atoms with Gasteiger partial charge in [0.15, 0.2) is 11.5 Å². The summed E-state index contributed by atoms with van der Waals surface area (Å²) < 4.78 is 15.9. The number of ether oxygens (including phenoxy) is 3. The van der Waals surface area contributed by atoms with Crippen molar-refractivity contribution in [1.29, 1.82) is 0 Å². The van der Waals surface area contributed by atoms with Crippen LogP contribution in [-0.2, 0) is 0 Å². The Morgan fingerprint density at radius 3 is 1.73 bits per heavy atom. The Kier molecular flexibility index (Phi) is 15.8. The van der Waals surface area contributed by atoms with Crippen molar-refractivity contribution < 1.29 is 53.8 Å². The van der Waals surface area contributed by atoms with E-state index in [1.54, 1.807) is 26.5 Å². The molecule has 12 heteroatoms. The Bertz CT molecular complexity index is 694. The van der Waals surface area contributed by atoms with Crippen LogP contribution in [0, 0.1) is 10.1 Å². The predicted octanol–water partition coefficient (Wildman–Crippen LogP) is -0.397. The van der Waals surface area contributed by atoms with Gasteiger partial charge in [-0.25, -0.2) is 9.97 Å². The van der Waals surface area contributed by atoms with Crippen LogP contribution in [0.3, 0.4) is 0 Å². The van der Waals surface area contributed by atoms with Gasteiger partial charge in [-0.2, -0.15) is 7.11 Å². The number of methoxy groups -OCH3 is 3. The third kappa shape index (κ3) is 9.10. The van der Waals surface area contributed by atoms with Gasteiger partial charge in [-0.1, -0.05) is 0 Å². The predicted molar refractivity (Wildman–Crippen MR) is 96.1 cm³/mol. The van der Waals surface area contributed by atoms with Crippen molar-refractivity contribution >= 4 is 37.5 Å². The van der Waals surface area contributed by atoms with E-state index in [0.717, 1.165) is 11.7 Å². The summed E-state index contributed by atoms with van der Waals surface area (Å²) in [6, 6.07) is 3.04. The molecule has 9 nitrogen and oxygen atoms in total. The molecule has 0 aliphatic heterocycles. The summed E-state index contributed by atoms with van der Waals surface area (Å²) in [5.41, 5.74) is -0.0978. The van der Waals surface area contributed by atoms with Gasteiger partial charge in [-0.15, -0.1) is 0 Å². The van der Waals surface area contributed by atoms with Gasteiger partial charge in [-0.3, -0.25) is 10.1 Å². The topological polar surface area (TPSA) is 120 Å². The first-order chi connectivity index (χ1) is 11.9. The van der Waals surface area contributed by atoms with Crippen molar-refractivity contribution in [3.8, 4) is 17.2 Å². The van der Waals surface area contributed by atoms with Crippen molar-refractivity contribution in [1.82, 2.24) is 9.97 Å². The third-order valence-corrected chi connectivity index (χ3v) is 3.34. The molecule has 26 heavy (non-hydrogen) atoms. The molecule has 0 bridgehead atoms. The van der Waals surface area contributed by atoms with E-state index in [2.05, 4.69) is 41.8 Å². The van der Waals surface area contributed by atoms with Crippen LogP contribution < -0.4 is 48.9 Å². The summed E-state index contributed by atoms with van der Waals surface area (Å²) in [6.45, 7) is 0. The number of hydrogen-bond acceptors (Lipinski definition) is 8. The third-order valence-electron chi connectivity index (χ3n) is 2.47. The standard InChI is InChI=1S/C7H8BrNO2.C6H5BrN2O3.CH3O.Na/c1-10-5-3-7(8)9-4-6(5)11-2;1-12-5-3-8-6(7)2-4(5)9(10)11;1-2;/h3-4H,1-2H3;2-3H,1H3;1H3;/q;;-1;+1. The van der Waals surface area contributed by atoms with Crippen molar-refractivity contribution in [3.05, 3.63) is 43.8 Å². The molecule has 0 saturated carbocycles. The second kappa shape index (κ2) is 15.1. The van der Waals surface area contributed by atoms with Crippen LogP contribution in [0.1, 0.15) is 0 Å². The molecule has 0 amide bonds. The number of nitro groups is 1. The SMILES string of the molecule is COc1cnc(Br)cc1OC.COc1cnc(Br)cc1[N+](=O)[O-].C[O-].[Na+]. The molecule has 0 aliphatic carbocycles. The summed E-state index contributed by atoms with van der Waals surface area (Å²) >= 11 is 6.24. The second-order valence-electron chi connectivity index (χ2n) is 3.80. The summed E-state index contributed by atoms with van der Waals surface area (Å²) in [7, 11) is 5.27. The molecule has 0 aliphatic rings. The van der Waals surface area contributed by atoms with Crippen LogP contribution in [0.2, 0.25) is 0 Å². The fourth-order valence-corrected chi connectivity index (χ4v) is 2.05. The molecule has 2 aromatic heterocycles. The fourth-order valence-electron chi connectivity index (χ4n) is 1.42. The van der Waals surface area contributed by atoms with Crippen LogP contribution >= 0.6 is 31.9 Å². The van der Waals surface area contributed by atoms with Crippen molar-refractivity contribution in [2.45, 2.75) is 0 Å². The van der Waals surface area contributed by atoms with E-state index in [9.17, 15) is 10.1 Å². The molecule has 0 fully saturated rings. The molecule has 138 valence electrons. The number of rotatable bonds is 4. The Morgan fingerprint density at radius 2 is 1.31 bits per heavy atom. The van der Waals surface area contributed by atoms with Crippen LogP contribution in [-0.4, -0.2) is 43.3 Å². The van der Waals surface area contributed by atoms with Crippen LogP contribution in [0.25, 0.3) is 0 Å². The van der Waals surface area contributed by atoms with E-state index in [-0.39, 0.29) is 41.0 Å². The van der Waals surface area contributed by atoms with E-state index in [1.807, 2.05) is 0 Å². The van der Waals surface area contributed by atoms with Gasteiger partial charge in [0.1, 0.15) is 9.21 Å². The minimum absolute atomic E-state index is 0. The summed E-state index contributed by atoms with van der Waals surface area (Å²) in [6.07, 6.45) is 2.89. The van der Waals surface area contributed by atoms with E-state index in [0.29, 0.717) is 16.1 Å². The van der Waals surface area contributed by atoms with Crippen molar-refractivity contribution in [3.63, 3.8) is 0 Å². The minimum Gasteiger partial charge on any atom is -0.857 e. The molecule has 0 saturated heterocycles. The molecule has 0 atom stereocenters. The van der Waals surface area contributed by atoms with Crippen LogP contribution in [0.15, 0.2) is 33.7 Å². The zero-order valence-electron chi connectivity index (χ0n) is 14.9. The molecule has 0 radical (unpaired) electrons. The van der Waals surface area contributed by atoms with Gasteiger partial charge in [0.05, 0.1) is 44.7 Å². The normalized spacial score (nSPS) is 8.58. The average Bonchev–Trinajstić information content (AvgIpc) is 2.63. The summed E-state index contributed by atoms with van der Waals surface area (Å²) in [4.78, 5) is 17.6. The van der Waals surface area contributed by atoms with Gasteiger partial charge in [-0.05, 0) is 31.9 Å². The average molecular weight is 505 g/mol. The first kappa shape index (κ1) is 27.2. The molecular weight excluding hydrogens is 489 g/mol.